The molecule has 0 aromatic heterocycles. The molecule has 0 atom stereocenters. The lowest BCUT2D eigenvalue weighted by Crippen LogP contribution is -2.04. The third-order valence-electron chi connectivity index (χ3n) is 2.82. The second kappa shape index (κ2) is 6.67. The van der Waals surface area contributed by atoms with Crippen molar-refractivity contribution in [2.45, 2.75) is 6.54 Å². The summed E-state index contributed by atoms with van der Waals surface area (Å²) in [5.74, 6) is -1.71. The number of rotatable bonds is 4. The molecule has 0 aliphatic heterocycles. The van der Waals surface area contributed by atoms with Crippen LogP contribution in [0, 0.1) is 11.6 Å². The third kappa shape index (κ3) is 4.01. The van der Waals surface area contributed by atoms with Crippen molar-refractivity contribution in [2.24, 2.45) is 0 Å². The molecular formula is C15H12BrF2NO2. The molecule has 0 spiro atoms. The lowest BCUT2D eigenvalue weighted by molar-refractivity contribution is 0.0600. The summed E-state index contributed by atoms with van der Waals surface area (Å²) in [6, 6.07) is 8.22. The minimum atomic E-state index is -0.641. The van der Waals surface area contributed by atoms with Gasteiger partial charge in [-0.15, -0.1) is 0 Å². The zero-order chi connectivity index (χ0) is 15.4. The number of carbonyl (C=O) groups is 1. The molecule has 0 radical (unpaired) electrons. The predicted octanol–water partition coefficient (Wildman–Crippen LogP) is 4.13. The Hall–Kier alpha value is -1.95. The maximum absolute atomic E-state index is 13.1. The summed E-state index contributed by atoms with van der Waals surface area (Å²) in [6.07, 6.45) is 0. The highest BCUT2D eigenvalue weighted by molar-refractivity contribution is 9.10. The standard InChI is InChI=1S/C15H12BrF2NO2/c1-21-15(20)9-2-3-10(14(16)4-9)8-19-13-6-11(17)5-12(18)7-13/h2-7,19H,8H2,1H3. The second-order valence-corrected chi connectivity index (χ2v) is 5.16. The van der Waals surface area contributed by atoms with E-state index in [1.165, 1.54) is 19.2 Å². The van der Waals surface area contributed by atoms with Gasteiger partial charge >= 0.3 is 5.97 Å². The van der Waals surface area contributed by atoms with Gasteiger partial charge in [-0.1, -0.05) is 22.0 Å². The van der Waals surface area contributed by atoms with Crippen LogP contribution >= 0.6 is 15.9 Å². The molecule has 0 unspecified atom stereocenters. The smallest absolute Gasteiger partial charge is 0.337 e. The fourth-order valence-corrected chi connectivity index (χ4v) is 2.31. The van der Waals surface area contributed by atoms with Gasteiger partial charge in [0.25, 0.3) is 0 Å². The molecule has 21 heavy (non-hydrogen) atoms. The average Bonchev–Trinajstić information content (AvgIpc) is 2.44. The maximum atomic E-state index is 13.1. The number of anilines is 1. The number of hydrogen-bond acceptors (Lipinski definition) is 3. The zero-order valence-electron chi connectivity index (χ0n) is 11.1. The van der Waals surface area contributed by atoms with Gasteiger partial charge in [-0.05, 0) is 29.8 Å². The quantitative estimate of drug-likeness (QED) is 0.838. The molecule has 0 saturated carbocycles. The second-order valence-electron chi connectivity index (χ2n) is 4.31. The van der Waals surface area contributed by atoms with Gasteiger partial charge in [-0.3, -0.25) is 0 Å². The summed E-state index contributed by atoms with van der Waals surface area (Å²) in [6.45, 7) is 0.352. The van der Waals surface area contributed by atoms with E-state index in [4.69, 9.17) is 0 Å². The van der Waals surface area contributed by atoms with Crippen molar-refractivity contribution in [2.75, 3.05) is 12.4 Å². The van der Waals surface area contributed by atoms with Crippen molar-refractivity contribution >= 4 is 27.6 Å². The molecule has 0 amide bonds. The van der Waals surface area contributed by atoms with E-state index in [0.29, 0.717) is 22.3 Å². The number of benzene rings is 2. The first-order chi connectivity index (χ1) is 9.99. The van der Waals surface area contributed by atoms with Crippen LogP contribution in [0.4, 0.5) is 14.5 Å². The molecule has 3 nitrogen and oxygen atoms in total. The Morgan fingerprint density at radius 2 is 1.86 bits per heavy atom. The first kappa shape index (κ1) is 15.4. The SMILES string of the molecule is COC(=O)c1ccc(CNc2cc(F)cc(F)c2)c(Br)c1. The molecule has 0 aliphatic carbocycles. The van der Waals surface area contributed by atoms with Crippen LogP contribution < -0.4 is 5.32 Å². The maximum Gasteiger partial charge on any atom is 0.337 e. The van der Waals surface area contributed by atoms with E-state index in [1.807, 2.05) is 0 Å². The van der Waals surface area contributed by atoms with Crippen LogP contribution in [0.2, 0.25) is 0 Å². The number of carbonyl (C=O) groups excluding carboxylic acids is 1. The Bertz CT molecular complexity index is 656. The largest absolute Gasteiger partial charge is 0.465 e. The van der Waals surface area contributed by atoms with Crippen molar-refractivity contribution in [3.63, 3.8) is 0 Å². The minimum Gasteiger partial charge on any atom is -0.465 e. The monoisotopic (exact) mass is 355 g/mol. The van der Waals surface area contributed by atoms with Gasteiger partial charge in [0.1, 0.15) is 11.6 Å². The third-order valence-corrected chi connectivity index (χ3v) is 3.56. The molecule has 1 N–H and O–H groups in total. The van der Waals surface area contributed by atoms with Crippen LogP contribution in [0.15, 0.2) is 40.9 Å². The molecule has 110 valence electrons. The summed E-state index contributed by atoms with van der Waals surface area (Å²) < 4.78 is 31.5. The van der Waals surface area contributed by atoms with E-state index in [9.17, 15) is 13.6 Å². The fourth-order valence-electron chi connectivity index (χ4n) is 1.79. The highest BCUT2D eigenvalue weighted by Gasteiger charge is 2.08. The van der Waals surface area contributed by atoms with Gasteiger partial charge in [0.15, 0.2) is 0 Å². The van der Waals surface area contributed by atoms with Gasteiger partial charge in [0.05, 0.1) is 12.7 Å². The topological polar surface area (TPSA) is 38.3 Å². The summed E-state index contributed by atoms with van der Waals surface area (Å²) in [5, 5.41) is 2.92. The first-order valence-corrected chi connectivity index (χ1v) is 6.85. The summed E-state index contributed by atoms with van der Waals surface area (Å²) in [7, 11) is 1.31. The molecule has 2 aromatic carbocycles. The Kier molecular flexibility index (Phi) is 4.90. The Labute approximate surface area is 129 Å². The Balaban J connectivity index is 2.11. The molecular weight excluding hydrogens is 344 g/mol. The highest BCUT2D eigenvalue weighted by Crippen LogP contribution is 2.21. The van der Waals surface area contributed by atoms with Crippen LogP contribution in [-0.2, 0) is 11.3 Å². The number of methoxy groups -OCH3 is 1. The van der Waals surface area contributed by atoms with E-state index >= 15 is 0 Å². The van der Waals surface area contributed by atoms with E-state index in [2.05, 4.69) is 26.0 Å². The van der Waals surface area contributed by atoms with Crippen molar-refractivity contribution in [1.29, 1.82) is 0 Å². The van der Waals surface area contributed by atoms with Crippen LogP contribution in [-0.4, -0.2) is 13.1 Å². The van der Waals surface area contributed by atoms with E-state index in [1.54, 1.807) is 18.2 Å². The van der Waals surface area contributed by atoms with Crippen LogP contribution in [0.1, 0.15) is 15.9 Å². The lowest BCUT2D eigenvalue weighted by atomic mass is 10.1. The van der Waals surface area contributed by atoms with Gasteiger partial charge in [-0.25, -0.2) is 13.6 Å². The number of halogens is 3. The van der Waals surface area contributed by atoms with E-state index in [-0.39, 0.29) is 0 Å². The van der Waals surface area contributed by atoms with Gasteiger partial charge in [-0.2, -0.15) is 0 Å². The summed E-state index contributed by atoms with van der Waals surface area (Å²) >= 11 is 3.35. The summed E-state index contributed by atoms with van der Waals surface area (Å²) in [5.41, 5.74) is 1.61. The molecule has 2 aromatic rings. The van der Waals surface area contributed by atoms with Crippen molar-refractivity contribution in [3.05, 3.63) is 63.6 Å². The molecule has 2 rings (SSSR count). The van der Waals surface area contributed by atoms with Gasteiger partial charge < -0.3 is 10.1 Å². The molecule has 6 heteroatoms. The highest BCUT2D eigenvalue weighted by atomic mass is 79.9. The number of hydrogen-bond donors (Lipinski definition) is 1. The van der Waals surface area contributed by atoms with Crippen molar-refractivity contribution < 1.29 is 18.3 Å². The van der Waals surface area contributed by atoms with E-state index < -0.39 is 17.6 Å². The van der Waals surface area contributed by atoms with Gasteiger partial charge in [0.2, 0.25) is 0 Å². The van der Waals surface area contributed by atoms with E-state index in [0.717, 1.165) is 11.6 Å². The number of nitrogens with one attached hydrogen (secondary N) is 1. The zero-order valence-corrected chi connectivity index (χ0v) is 12.7. The van der Waals surface area contributed by atoms with Crippen molar-refractivity contribution in [1.82, 2.24) is 0 Å². The molecule has 0 heterocycles. The molecule has 0 saturated heterocycles. The molecule has 0 aliphatic rings. The number of ether oxygens (including phenoxy) is 1. The molecule has 0 bridgehead atoms. The minimum absolute atomic E-state index is 0.344. The average molecular weight is 356 g/mol. The summed E-state index contributed by atoms with van der Waals surface area (Å²) in [4.78, 5) is 11.4. The van der Waals surface area contributed by atoms with Gasteiger partial charge in [0, 0.05) is 22.8 Å². The Morgan fingerprint density at radius 3 is 2.43 bits per heavy atom. The number of esters is 1. The van der Waals surface area contributed by atoms with Crippen LogP contribution in [0.5, 0.6) is 0 Å². The predicted molar refractivity (Wildman–Crippen MR) is 79.2 cm³/mol. The Morgan fingerprint density at radius 1 is 1.19 bits per heavy atom. The van der Waals surface area contributed by atoms with Crippen LogP contribution in [0.3, 0.4) is 0 Å². The van der Waals surface area contributed by atoms with Crippen LogP contribution in [0.25, 0.3) is 0 Å². The normalized spacial score (nSPS) is 10.3. The van der Waals surface area contributed by atoms with Crippen molar-refractivity contribution in [3.8, 4) is 0 Å². The first-order valence-electron chi connectivity index (χ1n) is 6.06. The lowest BCUT2D eigenvalue weighted by Gasteiger charge is -2.10. The fraction of sp³-hybridized carbons (Fsp3) is 0.133. The molecule has 0 fully saturated rings.